The van der Waals surface area contributed by atoms with Gasteiger partial charge in [0.1, 0.15) is 5.75 Å². The van der Waals surface area contributed by atoms with E-state index in [1.807, 2.05) is 48.5 Å². The van der Waals surface area contributed by atoms with Gasteiger partial charge < -0.3 is 20.7 Å². The van der Waals surface area contributed by atoms with Crippen molar-refractivity contribution in [3.8, 4) is 5.75 Å². The fourth-order valence-corrected chi connectivity index (χ4v) is 2.85. The summed E-state index contributed by atoms with van der Waals surface area (Å²) >= 11 is 0. The molecule has 0 aromatic heterocycles. The van der Waals surface area contributed by atoms with Gasteiger partial charge in [0.25, 0.3) is 5.91 Å². The van der Waals surface area contributed by atoms with Gasteiger partial charge in [0, 0.05) is 11.7 Å². The number of halogens is 1. The Kier molecular flexibility index (Phi) is 7.10. The summed E-state index contributed by atoms with van der Waals surface area (Å²) in [5.41, 5.74) is 2.37. The Morgan fingerprint density at radius 1 is 1.08 bits per heavy atom. The summed E-state index contributed by atoms with van der Waals surface area (Å²) in [6.45, 7) is 1.91. The van der Waals surface area contributed by atoms with Gasteiger partial charge in [-0.15, -0.1) is 12.4 Å². The molecule has 6 heteroatoms. The molecule has 0 saturated carbocycles. The van der Waals surface area contributed by atoms with Crippen LogP contribution in [-0.2, 0) is 0 Å². The zero-order chi connectivity index (χ0) is 16.8. The van der Waals surface area contributed by atoms with Crippen LogP contribution >= 0.6 is 12.4 Å². The summed E-state index contributed by atoms with van der Waals surface area (Å²) in [5, 5.41) is 9.76. The maximum Gasteiger partial charge on any atom is 0.253 e. The first-order chi connectivity index (χ1) is 11.8. The van der Waals surface area contributed by atoms with Gasteiger partial charge in [-0.2, -0.15) is 0 Å². The van der Waals surface area contributed by atoms with E-state index in [9.17, 15) is 4.79 Å². The fraction of sp³-hybridized carbons (Fsp3) is 0.316. The lowest BCUT2D eigenvalue weighted by Crippen LogP contribution is -2.42. The van der Waals surface area contributed by atoms with Crippen LogP contribution < -0.4 is 20.7 Å². The molecule has 0 aliphatic carbocycles. The number of methoxy groups -OCH3 is 1. The Morgan fingerprint density at radius 2 is 1.76 bits per heavy atom. The Labute approximate surface area is 154 Å². The number of piperidine rings is 1. The van der Waals surface area contributed by atoms with Gasteiger partial charge in [-0.05, 0) is 62.3 Å². The number of anilines is 2. The van der Waals surface area contributed by atoms with E-state index in [2.05, 4.69) is 16.0 Å². The zero-order valence-electron chi connectivity index (χ0n) is 14.2. The summed E-state index contributed by atoms with van der Waals surface area (Å²) in [6, 6.07) is 15.5. The maximum absolute atomic E-state index is 12.6. The average molecular weight is 362 g/mol. The molecule has 3 N–H and O–H groups in total. The van der Waals surface area contributed by atoms with Crippen molar-refractivity contribution < 1.29 is 9.53 Å². The Bertz CT molecular complexity index is 685. The molecule has 0 radical (unpaired) electrons. The van der Waals surface area contributed by atoms with Crippen molar-refractivity contribution in [2.45, 2.75) is 18.9 Å². The molecule has 1 amide bonds. The lowest BCUT2D eigenvalue weighted by Gasteiger charge is -2.24. The van der Waals surface area contributed by atoms with Crippen LogP contribution in [-0.4, -0.2) is 32.1 Å². The van der Waals surface area contributed by atoms with Crippen LogP contribution in [0.4, 0.5) is 11.4 Å². The van der Waals surface area contributed by atoms with Crippen LogP contribution in [0.25, 0.3) is 0 Å². The largest absolute Gasteiger partial charge is 0.497 e. The first kappa shape index (κ1) is 19.1. The van der Waals surface area contributed by atoms with Crippen LogP contribution in [0.15, 0.2) is 48.5 Å². The van der Waals surface area contributed by atoms with Crippen molar-refractivity contribution in [1.29, 1.82) is 0 Å². The van der Waals surface area contributed by atoms with Crippen LogP contribution in [0.1, 0.15) is 23.2 Å². The van der Waals surface area contributed by atoms with E-state index < -0.39 is 0 Å². The number of hydrogen-bond acceptors (Lipinski definition) is 4. The monoisotopic (exact) mass is 361 g/mol. The molecule has 1 saturated heterocycles. The third kappa shape index (κ3) is 5.11. The highest BCUT2D eigenvalue weighted by atomic mass is 35.5. The first-order valence-corrected chi connectivity index (χ1v) is 8.28. The minimum atomic E-state index is -0.0292. The van der Waals surface area contributed by atoms with Crippen molar-refractivity contribution in [2.75, 3.05) is 25.5 Å². The minimum absolute atomic E-state index is 0. The topological polar surface area (TPSA) is 62.4 Å². The fourth-order valence-electron chi connectivity index (χ4n) is 2.85. The molecule has 1 heterocycles. The predicted octanol–water partition coefficient (Wildman–Crippen LogP) is 3.34. The third-order valence-electron chi connectivity index (χ3n) is 4.22. The molecule has 3 rings (SSSR count). The summed E-state index contributed by atoms with van der Waals surface area (Å²) < 4.78 is 5.17. The van der Waals surface area contributed by atoms with Crippen LogP contribution in [0.2, 0.25) is 0 Å². The third-order valence-corrected chi connectivity index (χ3v) is 4.22. The molecular weight excluding hydrogens is 338 g/mol. The van der Waals surface area contributed by atoms with Crippen molar-refractivity contribution in [2.24, 2.45) is 0 Å². The van der Waals surface area contributed by atoms with E-state index in [-0.39, 0.29) is 24.4 Å². The summed E-state index contributed by atoms with van der Waals surface area (Å²) in [5.74, 6) is 0.774. The molecule has 1 aliphatic rings. The lowest BCUT2D eigenvalue weighted by atomic mass is 10.1. The van der Waals surface area contributed by atoms with Crippen molar-refractivity contribution in [3.63, 3.8) is 0 Å². The molecule has 0 unspecified atom stereocenters. The van der Waals surface area contributed by atoms with E-state index in [0.29, 0.717) is 5.56 Å². The second-order valence-corrected chi connectivity index (χ2v) is 5.90. The molecule has 2 aromatic rings. The van der Waals surface area contributed by atoms with E-state index in [1.54, 1.807) is 7.11 Å². The van der Waals surface area contributed by atoms with Crippen molar-refractivity contribution in [1.82, 2.24) is 10.6 Å². The molecule has 5 nitrogen and oxygen atoms in total. The molecule has 0 spiro atoms. The van der Waals surface area contributed by atoms with Crippen molar-refractivity contribution in [3.05, 3.63) is 54.1 Å². The number of rotatable bonds is 5. The second-order valence-electron chi connectivity index (χ2n) is 5.90. The lowest BCUT2D eigenvalue weighted by molar-refractivity contribution is 0.0930. The molecule has 1 aliphatic heterocycles. The molecule has 1 fully saturated rings. The summed E-state index contributed by atoms with van der Waals surface area (Å²) in [6.07, 6.45) is 1.94. The molecule has 0 bridgehead atoms. The van der Waals surface area contributed by atoms with E-state index in [0.717, 1.165) is 43.1 Å². The molecule has 0 atom stereocenters. The van der Waals surface area contributed by atoms with Gasteiger partial charge >= 0.3 is 0 Å². The van der Waals surface area contributed by atoms with Crippen LogP contribution in [0, 0.1) is 0 Å². The number of carbonyl (C=O) groups excluding carboxylic acids is 1. The normalized spacial score (nSPS) is 14.3. The van der Waals surface area contributed by atoms with Gasteiger partial charge in [0.2, 0.25) is 0 Å². The van der Waals surface area contributed by atoms with Gasteiger partial charge in [0.15, 0.2) is 0 Å². The Morgan fingerprint density at radius 3 is 2.44 bits per heavy atom. The smallest absolute Gasteiger partial charge is 0.253 e. The van der Waals surface area contributed by atoms with E-state index in [4.69, 9.17) is 4.74 Å². The first-order valence-electron chi connectivity index (χ1n) is 8.28. The standard InChI is InChI=1S/C19H23N3O2.ClH/c1-24-16-8-6-14(7-9-16)21-18-5-3-2-4-17(18)19(23)22-15-10-12-20-13-11-15;/h2-9,15,20-21H,10-13H2,1H3,(H,22,23);1H. The van der Waals surface area contributed by atoms with Gasteiger partial charge in [-0.1, -0.05) is 12.1 Å². The van der Waals surface area contributed by atoms with Gasteiger partial charge in [-0.25, -0.2) is 0 Å². The number of nitrogens with one attached hydrogen (secondary N) is 3. The van der Waals surface area contributed by atoms with E-state index >= 15 is 0 Å². The number of benzene rings is 2. The number of para-hydroxylation sites is 1. The maximum atomic E-state index is 12.6. The SMILES string of the molecule is COc1ccc(Nc2ccccc2C(=O)NC2CCNCC2)cc1.Cl. The highest BCUT2D eigenvalue weighted by Crippen LogP contribution is 2.23. The number of hydrogen-bond donors (Lipinski definition) is 3. The minimum Gasteiger partial charge on any atom is -0.497 e. The quantitative estimate of drug-likeness (QED) is 0.764. The number of carbonyl (C=O) groups is 1. The van der Waals surface area contributed by atoms with Crippen molar-refractivity contribution >= 4 is 29.7 Å². The number of ether oxygens (including phenoxy) is 1. The molecule has 25 heavy (non-hydrogen) atoms. The summed E-state index contributed by atoms with van der Waals surface area (Å²) in [7, 11) is 1.64. The summed E-state index contributed by atoms with van der Waals surface area (Å²) in [4.78, 5) is 12.6. The Hall–Kier alpha value is -2.24. The van der Waals surface area contributed by atoms with Gasteiger partial charge in [-0.3, -0.25) is 4.79 Å². The highest BCUT2D eigenvalue weighted by Gasteiger charge is 2.18. The zero-order valence-corrected chi connectivity index (χ0v) is 15.1. The average Bonchev–Trinajstić information content (AvgIpc) is 2.63. The Balaban J connectivity index is 0.00000225. The highest BCUT2D eigenvalue weighted by molar-refractivity contribution is 6.00. The second kappa shape index (κ2) is 9.30. The van der Waals surface area contributed by atoms with Crippen LogP contribution in [0.5, 0.6) is 5.75 Å². The molecule has 134 valence electrons. The predicted molar refractivity (Wildman–Crippen MR) is 103 cm³/mol. The number of amides is 1. The molecule has 2 aromatic carbocycles. The van der Waals surface area contributed by atoms with Gasteiger partial charge in [0.05, 0.1) is 18.4 Å². The van der Waals surface area contributed by atoms with Crippen LogP contribution in [0.3, 0.4) is 0 Å². The van der Waals surface area contributed by atoms with E-state index in [1.165, 1.54) is 0 Å². The molecular formula is C19H24ClN3O2.